The van der Waals surface area contributed by atoms with E-state index < -0.39 is 0 Å². The molecule has 82 valence electrons. The molecule has 2 unspecified atom stereocenters. The molecule has 4 nitrogen and oxygen atoms in total. The van der Waals surface area contributed by atoms with Crippen molar-refractivity contribution in [1.29, 1.82) is 0 Å². The van der Waals surface area contributed by atoms with Crippen molar-refractivity contribution in [2.45, 2.75) is 24.8 Å². The van der Waals surface area contributed by atoms with Crippen LogP contribution in [0.25, 0.3) is 0 Å². The van der Waals surface area contributed by atoms with Crippen molar-refractivity contribution >= 4 is 17.5 Å². The van der Waals surface area contributed by atoms with Crippen molar-refractivity contribution < 1.29 is 4.79 Å². The molecule has 2 heterocycles. The smallest absolute Gasteiger partial charge is 0.257 e. The summed E-state index contributed by atoms with van der Waals surface area (Å²) >= 11 is 6.02. The van der Waals surface area contributed by atoms with Gasteiger partial charge in [-0.1, -0.05) is 0 Å². The third kappa shape index (κ3) is 2.00. The summed E-state index contributed by atoms with van der Waals surface area (Å²) in [6.45, 7) is 2.66. The first kappa shape index (κ1) is 10.5. The molecule has 0 saturated carbocycles. The molecule has 0 radical (unpaired) electrons. The number of aromatic nitrogens is 2. The highest BCUT2D eigenvalue weighted by atomic mass is 35.5. The lowest BCUT2D eigenvalue weighted by atomic mass is 10.2. The van der Waals surface area contributed by atoms with Gasteiger partial charge in [0.25, 0.3) is 5.91 Å². The van der Waals surface area contributed by atoms with Crippen molar-refractivity contribution in [3.63, 3.8) is 0 Å². The van der Waals surface area contributed by atoms with Gasteiger partial charge < -0.3 is 4.90 Å². The number of aryl methyl sites for hydroxylation is 1. The fourth-order valence-electron chi connectivity index (χ4n) is 1.95. The molecule has 0 spiro atoms. The van der Waals surface area contributed by atoms with Gasteiger partial charge in [-0.15, -0.1) is 11.6 Å². The van der Waals surface area contributed by atoms with Gasteiger partial charge in [-0.3, -0.25) is 9.48 Å². The average molecular weight is 228 g/mol. The maximum atomic E-state index is 12.0. The minimum absolute atomic E-state index is 0.0266. The lowest BCUT2D eigenvalue weighted by molar-refractivity contribution is 0.0747. The number of nitrogens with zero attached hydrogens (tertiary/aromatic N) is 3. The molecule has 1 aliphatic rings. The monoisotopic (exact) mass is 227 g/mol. The third-order valence-electron chi connectivity index (χ3n) is 2.74. The SMILES string of the molecule is CC1CC(Cl)CN1C(=O)c1cnn(C)c1. The van der Waals surface area contributed by atoms with E-state index in [0.717, 1.165) is 6.42 Å². The Kier molecular flexibility index (Phi) is 2.69. The number of alkyl halides is 1. The maximum Gasteiger partial charge on any atom is 0.257 e. The zero-order valence-electron chi connectivity index (χ0n) is 8.85. The van der Waals surface area contributed by atoms with Crippen molar-refractivity contribution in [2.24, 2.45) is 7.05 Å². The van der Waals surface area contributed by atoms with Gasteiger partial charge in [0.1, 0.15) is 0 Å². The average Bonchev–Trinajstić information content (AvgIpc) is 2.71. The van der Waals surface area contributed by atoms with E-state index in [2.05, 4.69) is 5.10 Å². The predicted octanol–water partition coefficient (Wildman–Crippen LogP) is 1.26. The van der Waals surface area contributed by atoms with Gasteiger partial charge in [-0.05, 0) is 13.3 Å². The Labute approximate surface area is 93.8 Å². The summed E-state index contributed by atoms with van der Waals surface area (Å²) in [4.78, 5) is 13.8. The first-order valence-electron chi connectivity index (χ1n) is 5.01. The largest absolute Gasteiger partial charge is 0.334 e. The van der Waals surface area contributed by atoms with Crippen LogP contribution in [0.1, 0.15) is 23.7 Å². The van der Waals surface area contributed by atoms with Gasteiger partial charge in [0.2, 0.25) is 0 Å². The molecule has 0 aromatic carbocycles. The molecule has 1 aromatic rings. The maximum absolute atomic E-state index is 12.0. The van der Waals surface area contributed by atoms with E-state index in [1.54, 1.807) is 24.1 Å². The summed E-state index contributed by atoms with van der Waals surface area (Å²) < 4.78 is 1.63. The normalized spacial score (nSPS) is 25.9. The standard InChI is InChI=1S/C10H14ClN3O/c1-7-3-9(11)6-14(7)10(15)8-4-12-13(2)5-8/h4-5,7,9H,3,6H2,1-2H3. The molecular formula is C10H14ClN3O. The van der Waals surface area contributed by atoms with Gasteiger partial charge >= 0.3 is 0 Å². The van der Waals surface area contributed by atoms with Crippen LogP contribution in [-0.4, -0.2) is 38.6 Å². The second kappa shape index (κ2) is 3.85. The Morgan fingerprint density at radius 3 is 2.87 bits per heavy atom. The molecule has 1 amide bonds. The van der Waals surface area contributed by atoms with Crippen LogP contribution in [-0.2, 0) is 7.05 Å². The molecule has 1 fully saturated rings. The number of hydrogen-bond donors (Lipinski definition) is 0. The highest BCUT2D eigenvalue weighted by Crippen LogP contribution is 2.23. The molecule has 0 N–H and O–H groups in total. The van der Waals surface area contributed by atoms with Crippen molar-refractivity contribution in [3.05, 3.63) is 18.0 Å². The van der Waals surface area contributed by atoms with Crippen LogP contribution in [0.5, 0.6) is 0 Å². The molecule has 2 rings (SSSR count). The first-order chi connectivity index (χ1) is 7.08. The van der Waals surface area contributed by atoms with Gasteiger partial charge in [-0.25, -0.2) is 0 Å². The topological polar surface area (TPSA) is 38.1 Å². The Bertz CT molecular complexity index is 376. The molecule has 5 heteroatoms. The minimum atomic E-state index is 0.0266. The highest BCUT2D eigenvalue weighted by Gasteiger charge is 2.32. The van der Waals surface area contributed by atoms with Gasteiger partial charge in [-0.2, -0.15) is 5.10 Å². The first-order valence-corrected chi connectivity index (χ1v) is 5.45. The lowest BCUT2D eigenvalue weighted by Crippen LogP contribution is -2.33. The quantitative estimate of drug-likeness (QED) is 0.678. The van der Waals surface area contributed by atoms with E-state index in [9.17, 15) is 4.79 Å². The summed E-state index contributed by atoms with van der Waals surface area (Å²) in [7, 11) is 1.80. The Morgan fingerprint density at radius 2 is 2.40 bits per heavy atom. The summed E-state index contributed by atoms with van der Waals surface area (Å²) in [5.41, 5.74) is 0.634. The molecule has 1 saturated heterocycles. The second-order valence-corrected chi connectivity index (χ2v) is 4.66. The van der Waals surface area contributed by atoms with Crippen LogP contribution in [0.4, 0.5) is 0 Å². The minimum Gasteiger partial charge on any atom is -0.334 e. The summed E-state index contributed by atoms with van der Waals surface area (Å²) in [5, 5.41) is 4.07. The van der Waals surface area contributed by atoms with E-state index in [1.807, 2.05) is 11.8 Å². The number of hydrogen-bond acceptors (Lipinski definition) is 2. The van der Waals surface area contributed by atoms with Crippen molar-refractivity contribution in [3.8, 4) is 0 Å². The molecule has 2 atom stereocenters. The van der Waals surface area contributed by atoms with Crippen LogP contribution < -0.4 is 0 Å². The Hall–Kier alpha value is -1.03. The number of carbonyl (C=O) groups excluding carboxylic acids is 1. The van der Waals surface area contributed by atoms with Gasteiger partial charge in [0.15, 0.2) is 0 Å². The summed E-state index contributed by atoms with van der Waals surface area (Å²) in [6, 6.07) is 0.222. The lowest BCUT2D eigenvalue weighted by Gasteiger charge is -2.20. The van der Waals surface area contributed by atoms with Crippen molar-refractivity contribution in [2.75, 3.05) is 6.54 Å². The molecule has 0 aliphatic carbocycles. The van der Waals surface area contributed by atoms with E-state index >= 15 is 0 Å². The molecule has 1 aliphatic heterocycles. The fourth-order valence-corrected chi connectivity index (χ4v) is 2.35. The zero-order valence-corrected chi connectivity index (χ0v) is 9.61. The molecule has 1 aromatic heterocycles. The molecule has 0 bridgehead atoms. The van der Waals surface area contributed by atoms with E-state index in [-0.39, 0.29) is 17.3 Å². The molecular weight excluding hydrogens is 214 g/mol. The number of rotatable bonds is 1. The summed E-state index contributed by atoms with van der Waals surface area (Å²) in [5.74, 6) is 0.0266. The van der Waals surface area contributed by atoms with Crippen LogP contribution >= 0.6 is 11.6 Å². The Balaban J connectivity index is 2.15. The second-order valence-electron chi connectivity index (χ2n) is 4.04. The predicted molar refractivity (Wildman–Crippen MR) is 58.0 cm³/mol. The number of carbonyl (C=O) groups is 1. The third-order valence-corrected chi connectivity index (χ3v) is 3.05. The number of likely N-dealkylation sites (tertiary alicyclic amines) is 1. The van der Waals surface area contributed by atoms with Gasteiger partial charge in [0, 0.05) is 25.8 Å². The van der Waals surface area contributed by atoms with Gasteiger partial charge in [0.05, 0.1) is 17.1 Å². The van der Waals surface area contributed by atoms with Crippen LogP contribution in [0.2, 0.25) is 0 Å². The van der Waals surface area contributed by atoms with E-state index in [4.69, 9.17) is 11.6 Å². The summed E-state index contributed by atoms with van der Waals surface area (Å²) in [6.07, 6.45) is 4.20. The van der Waals surface area contributed by atoms with Crippen LogP contribution in [0.15, 0.2) is 12.4 Å². The zero-order chi connectivity index (χ0) is 11.0. The van der Waals surface area contributed by atoms with Crippen LogP contribution in [0, 0.1) is 0 Å². The van der Waals surface area contributed by atoms with E-state index in [1.165, 1.54) is 0 Å². The van der Waals surface area contributed by atoms with E-state index in [0.29, 0.717) is 12.1 Å². The number of halogens is 1. The van der Waals surface area contributed by atoms with Crippen LogP contribution in [0.3, 0.4) is 0 Å². The molecule has 15 heavy (non-hydrogen) atoms. The Morgan fingerprint density at radius 1 is 1.67 bits per heavy atom. The highest BCUT2D eigenvalue weighted by molar-refractivity contribution is 6.21. The fraction of sp³-hybridized carbons (Fsp3) is 0.600. The van der Waals surface area contributed by atoms with Crippen molar-refractivity contribution in [1.82, 2.24) is 14.7 Å². The number of amides is 1.